The molecule has 3 aromatic rings. The van der Waals surface area contributed by atoms with Crippen LogP contribution in [0.1, 0.15) is 24.1 Å². The van der Waals surface area contributed by atoms with Gasteiger partial charge in [0.2, 0.25) is 0 Å². The van der Waals surface area contributed by atoms with Gasteiger partial charge >= 0.3 is 5.97 Å². The Morgan fingerprint density at radius 2 is 1.71 bits per heavy atom. The van der Waals surface area contributed by atoms with E-state index in [4.69, 9.17) is 0 Å². The van der Waals surface area contributed by atoms with E-state index in [2.05, 4.69) is 5.10 Å². The molecule has 0 fully saturated rings. The van der Waals surface area contributed by atoms with Crippen LogP contribution in [0.4, 0.5) is 0 Å². The smallest absolute Gasteiger partial charge is 0.312 e. The maximum absolute atomic E-state index is 12.6. The zero-order valence-electron chi connectivity index (χ0n) is 13.3. The molecule has 0 amide bonds. The molecule has 0 unspecified atom stereocenters. The minimum atomic E-state index is -0.957. The zero-order valence-corrected chi connectivity index (χ0v) is 13.3. The summed E-state index contributed by atoms with van der Waals surface area (Å²) in [5.74, 6) is -1.74. The number of aryl methyl sites for hydroxylation is 2. The Hall–Kier alpha value is -2.95. The van der Waals surface area contributed by atoms with Gasteiger partial charge < -0.3 is 5.11 Å². The summed E-state index contributed by atoms with van der Waals surface area (Å²) in [5.41, 5.74) is 1.33. The molecule has 0 saturated heterocycles. The van der Waals surface area contributed by atoms with Crippen LogP contribution in [0, 0.1) is 0 Å². The van der Waals surface area contributed by atoms with E-state index in [-0.39, 0.29) is 5.56 Å². The van der Waals surface area contributed by atoms with Gasteiger partial charge in [-0.2, -0.15) is 5.10 Å². The van der Waals surface area contributed by atoms with Crippen molar-refractivity contribution in [3.8, 4) is 0 Å². The first-order valence-electron chi connectivity index (χ1n) is 7.84. The third kappa shape index (κ3) is 3.06. The minimum Gasteiger partial charge on any atom is -0.481 e. The molecule has 0 bridgehead atoms. The molecule has 0 spiro atoms. The number of aromatic nitrogens is 2. The van der Waals surface area contributed by atoms with Crippen LogP contribution < -0.4 is 5.56 Å². The summed E-state index contributed by atoms with van der Waals surface area (Å²) in [6, 6.07) is 16.9. The van der Waals surface area contributed by atoms with Gasteiger partial charge in [0.25, 0.3) is 5.56 Å². The molecule has 0 aliphatic carbocycles. The predicted molar refractivity (Wildman–Crippen MR) is 92.2 cm³/mol. The van der Waals surface area contributed by atoms with Crippen molar-refractivity contribution in [2.24, 2.45) is 0 Å². The average Bonchev–Trinajstić information content (AvgIpc) is 2.61. The monoisotopic (exact) mass is 322 g/mol. The fourth-order valence-corrected chi connectivity index (χ4v) is 2.73. The number of carboxylic acids is 1. The Bertz CT molecular complexity index is 932. The second-order valence-corrected chi connectivity index (χ2v) is 5.75. The third-order valence-corrected chi connectivity index (χ3v) is 4.13. The standard InChI is InChI=1S/C19H18N2O3/c1-13(19(23)24)17-15-9-5-6-10-16(15)18(22)21(20-17)12-11-14-7-3-2-4-8-14/h2-10,13H,11-12H2,1H3,(H,23,24)/t13-/m1/s1. The summed E-state index contributed by atoms with van der Waals surface area (Å²) in [4.78, 5) is 24.0. The van der Waals surface area contributed by atoms with Crippen molar-refractivity contribution < 1.29 is 9.90 Å². The van der Waals surface area contributed by atoms with Crippen LogP contribution in [-0.2, 0) is 17.8 Å². The van der Waals surface area contributed by atoms with Gasteiger partial charge in [-0.25, -0.2) is 4.68 Å². The molecule has 3 rings (SSSR count). The molecule has 122 valence electrons. The lowest BCUT2D eigenvalue weighted by atomic mass is 10.0. The van der Waals surface area contributed by atoms with Gasteiger partial charge in [-0.05, 0) is 25.0 Å². The Balaban J connectivity index is 2.06. The number of aliphatic carboxylic acids is 1. The van der Waals surface area contributed by atoms with E-state index in [0.29, 0.717) is 29.4 Å². The van der Waals surface area contributed by atoms with Crippen molar-refractivity contribution in [3.63, 3.8) is 0 Å². The quantitative estimate of drug-likeness (QED) is 0.784. The van der Waals surface area contributed by atoms with Crippen molar-refractivity contribution in [2.45, 2.75) is 25.8 Å². The van der Waals surface area contributed by atoms with E-state index < -0.39 is 11.9 Å². The highest BCUT2D eigenvalue weighted by Gasteiger charge is 2.20. The van der Waals surface area contributed by atoms with Gasteiger partial charge in [0, 0.05) is 11.9 Å². The number of hydrogen-bond donors (Lipinski definition) is 1. The normalized spacial score (nSPS) is 12.2. The van der Waals surface area contributed by atoms with Crippen molar-refractivity contribution >= 4 is 16.7 Å². The molecule has 0 saturated carbocycles. The third-order valence-electron chi connectivity index (χ3n) is 4.13. The number of carboxylic acid groups (broad SMARTS) is 1. The largest absolute Gasteiger partial charge is 0.481 e. The van der Waals surface area contributed by atoms with E-state index in [0.717, 1.165) is 5.56 Å². The van der Waals surface area contributed by atoms with Crippen LogP contribution in [0.15, 0.2) is 59.4 Å². The van der Waals surface area contributed by atoms with Crippen LogP contribution in [0.2, 0.25) is 0 Å². The fourth-order valence-electron chi connectivity index (χ4n) is 2.73. The molecule has 0 aliphatic rings. The number of benzene rings is 2. The van der Waals surface area contributed by atoms with Crippen molar-refractivity contribution in [1.82, 2.24) is 9.78 Å². The highest BCUT2D eigenvalue weighted by atomic mass is 16.4. The lowest BCUT2D eigenvalue weighted by Gasteiger charge is -2.13. The topological polar surface area (TPSA) is 72.2 Å². The molecule has 24 heavy (non-hydrogen) atoms. The first-order chi connectivity index (χ1) is 11.6. The molecule has 5 heteroatoms. The lowest BCUT2D eigenvalue weighted by Crippen LogP contribution is -2.27. The van der Waals surface area contributed by atoms with Gasteiger partial charge in [-0.1, -0.05) is 48.5 Å². The Kier molecular flexibility index (Phi) is 4.42. The van der Waals surface area contributed by atoms with Gasteiger partial charge in [0.1, 0.15) is 0 Å². The summed E-state index contributed by atoms with van der Waals surface area (Å²) in [6.07, 6.45) is 0.660. The number of nitrogens with zero attached hydrogens (tertiary/aromatic N) is 2. The summed E-state index contributed by atoms with van der Waals surface area (Å²) in [6.45, 7) is 2.00. The van der Waals surface area contributed by atoms with Crippen LogP contribution >= 0.6 is 0 Å². The maximum atomic E-state index is 12.6. The lowest BCUT2D eigenvalue weighted by molar-refractivity contribution is -0.138. The molecule has 0 aliphatic heterocycles. The average molecular weight is 322 g/mol. The van der Waals surface area contributed by atoms with E-state index in [1.807, 2.05) is 30.3 Å². The Labute approximate surface area is 139 Å². The van der Waals surface area contributed by atoms with E-state index in [9.17, 15) is 14.7 Å². The highest BCUT2D eigenvalue weighted by Crippen LogP contribution is 2.21. The van der Waals surface area contributed by atoms with Crippen LogP contribution in [0.5, 0.6) is 0 Å². The number of fused-ring (bicyclic) bond motifs is 1. The molecular weight excluding hydrogens is 304 g/mol. The molecular formula is C19H18N2O3. The maximum Gasteiger partial charge on any atom is 0.312 e. The number of rotatable bonds is 5. The fraction of sp³-hybridized carbons (Fsp3) is 0.211. The SMILES string of the molecule is C[C@@H](C(=O)O)c1nn(CCc2ccccc2)c(=O)c2ccccc12. The van der Waals surface area contributed by atoms with Crippen LogP contribution in [0.3, 0.4) is 0 Å². The van der Waals surface area contributed by atoms with Gasteiger partial charge in [-0.15, -0.1) is 0 Å². The minimum absolute atomic E-state index is 0.192. The highest BCUT2D eigenvalue weighted by molar-refractivity contribution is 5.88. The summed E-state index contributed by atoms with van der Waals surface area (Å²) >= 11 is 0. The summed E-state index contributed by atoms with van der Waals surface area (Å²) in [5, 5.41) is 14.8. The van der Waals surface area contributed by atoms with E-state index in [1.165, 1.54) is 4.68 Å². The van der Waals surface area contributed by atoms with E-state index >= 15 is 0 Å². The second kappa shape index (κ2) is 6.66. The molecule has 1 N–H and O–H groups in total. The second-order valence-electron chi connectivity index (χ2n) is 5.75. The van der Waals surface area contributed by atoms with E-state index in [1.54, 1.807) is 31.2 Å². The molecule has 1 aromatic heterocycles. The van der Waals surface area contributed by atoms with Crippen molar-refractivity contribution in [1.29, 1.82) is 0 Å². The number of carbonyl (C=O) groups is 1. The van der Waals surface area contributed by atoms with Gasteiger partial charge in [0.05, 0.1) is 17.0 Å². The van der Waals surface area contributed by atoms with Crippen LogP contribution in [-0.4, -0.2) is 20.9 Å². The first-order valence-corrected chi connectivity index (χ1v) is 7.84. The van der Waals surface area contributed by atoms with Gasteiger partial charge in [0.15, 0.2) is 0 Å². The van der Waals surface area contributed by atoms with Crippen LogP contribution in [0.25, 0.3) is 10.8 Å². The number of hydrogen-bond acceptors (Lipinski definition) is 3. The van der Waals surface area contributed by atoms with Gasteiger partial charge in [-0.3, -0.25) is 9.59 Å². The first kappa shape index (κ1) is 15.9. The molecule has 0 radical (unpaired) electrons. The summed E-state index contributed by atoms with van der Waals surface area (Å²) < 4.78 is 1.38. The molecule has 1 atom stereocenters. The van der Waals surface area contributed by atoms with Crippen molar-refractivity contribution in [2.75, 3.05) is 0 Å². The zero-order chi connectivity index (χ0) is 17.1. The molecule has 2 aromatic carbocycles. The molecule has 5 nitrogen and oxygen atoms in total. The van der Waals surface area contributed by atoms with Crippen molar-refractivity contribution in [3.05, 3.63) is 76.2 Å². The Morgan fingerprint density at radius 1 is 1.08 bits per heavy atom. The Morgan fingerprint density at radius 3 is 2.38 bits per heavy atom. The molecule has 1 heterocycles. The summed E-state index contributed by atoms with van der Waals surface area (Å²) in [7, 11) is 0. The predicted octanol–water partition coefficient (Wildman–Crippen LogP) is 2.83.